The highest BCUT2D eigenvalue weighted by atomic mass is 16.3. The topological polar surface area (TPSA) is 43.8 Å². The number of carbonyl (C=O) groups is 1. The first-order chi connectivity index (χ1) is 8.56. The molecule has 1 amide bonds. The molecule has 0 aromatic heterocycles. The number of amides is 1. The molecule has 1 aliphatic heterocycles. The molecule has 0 aromatic rings. The van der Waals surface area contributed by atoms with E-state index in [1.54, 1.807) is 4.90 Å². The van der Waals surface area contributed by atoms with E-state index < -0.39 is 0 Å². The fourth-order valence-corrected chi connectivity index (χ4v) is 2.50. The number of aliphatic hydroxyl groups is 1. The summed E-state index contributed by atoms with van der Waals surface area (Å²) in [4.78, 5) is 15.8. The third-order valence-electron chi connectivity index (χ3n) is 4.54. The summed E-state index contributed by atoms with van der Waals surface area (Å²) in [7, 11) is 1.85. The van der Waals surface area contributed by atoms with Gasteiger partial charge in [0.05, 0.1) is 0 Å². The van der Waals surface area contributed by atoms with Crippen LogP contribution in [-0.2, 0) is 4.79 Å². The van der Waals surface area contributed by atoms with Crippen LogP contribution in [0.15, 0.2) is 0 Å². The molecule has 1 aliphatic rings. The molecule has 1 saturated heterocycles. The van der Waals surface area contributed by atoms with Gasteiger partial charge in [0, 0.05) is 33.2 Å². The Morgan fingerprint density at radius 2 is 1.94 bits per heavy atom. The summed E-state index contributed by atoms with van der Waals surface area (Å²) in [6, 6.07) is 0. The molecular formula is C14H28N2O2. The van der Waals surface area contributed by atoms with Gasteiger partial charge in [-0.05, 0) is 44.7 Å². The molecule has 4 nitrogen and oxygen atoms in total. The van der Waals surface area contributed by atoms with Crippen LogP contribution in [-0.4, -0.2) is 60.6 Å². The van der Waals surface area contributed by atoms with Crippen molar-refractivity contribution in [1.82, 2.24) is 9.80 Å². The van der Waals surface area contributed by atoms with E-state index in [4.69, 9.17) is 0 Å². The Morgan fingerprint density at radius 3 is 2.39 bits per heavy atom. The van der Waals surface area contributed by atoms with Gasteiger partial charge in [-0.3, -0.25) is 4.79 Å². The molecule has 0 spiro atoms. The van der Waals surface area contributed by atoms with E-state index >= 15 is 0 Å². The quantitative estimate of drug-likeness (QED) is 0.780. The van der Waals surface area contributed by atoms with Gasteiger partial charge in [0.25, 0.3) is 0 Å². The van der Waals surface area contributed by atoms with E-state index in [0.717, 1.165) is 45.4 Å². The van der Waals surface area contributed by atoms with Crippen molar-refractivity contribution in [3.05, 3.63) is 0 Å². The van der Waals surface area contributed by atoms with Crippen LogP contribution in [0.5, 0.6) is 0 Å². The lowest BCUT2D eigenvalue weighted by molar-refractivity contribution is -0.130. The van der Waals surface area contributed by atoms with Gasteiger partial charge in [0.15, 0.2) is 0 Å². The molecule has 0 aromatic carbocycles. The van der Waals surface area contributed by atoms with E-state index in [2.05, 4.69) is 11.8 Å². The predicted octanol–water partition coefficient (Wildman–Crippen LogP) is 1.34. The van der Waals surface area contributed by atoms with Gasteiger partial charge < -0.3 is 14.9 Å². The van der Waals surface area contributed by atoms with Crippen molar-refractivity contribution in [2.75, 3.05) is 39.8 Å². The molecule has 106 valence electrons. The summed E-state index contributed by atoms with van der Waals surface area (Å²) >= 11 is 0. The normalized spacial score (nSPS) is 19.8. The van der Waals surface area contributed by atoms with Gasteiger partial charge in [-0.1, -0.05) is 6.92 Å². The van der Waals surface area contributed by atoms with Crippen LogP contribution >= 0.6 is 0 Å². The third-order valence-corrected chi connectivity index (χ3v) is 4.54. The van der Waals surface area contributed by atoms with Crippen LogP contribution in [0, 0.1) is 5.41 Å². The monoisotopic (exact) mass is 256 g/mol. The number of hydrogen-bond donors (Lipinski definition) is 1. The maximum atomic E-state index is 11.7. The summed E-state index contributed by atoms with van der Waals surface area (Å²) < 4.78 is 0. The Hall–Kier alpha value is -0.610. The molecule has 0 atom stereocenters. The molecule has 0 aliphatic carbocycles. The summed E-state index contributed by atoms with van der Waals surface area (Å²) in [5.41, 5.74) is 0.140. The van der Waals surface area contributed by atoms with E-state index in [-0.39, 0.29) is 11.3 Å². The Labute approximate surface area is 111 Å². The van der Waals surface area contributed by atoms with Crippen LogP contribution in [0.1, 0.15) is 39.5 Å². The highest BCUT2D eigenvalue weighted by molar-refractivity contribution is 5.75. The molecule has 4 heteroatoms. The first-order valence-electron chi connectivity index (χ1n) is 7.14. The average molecular weight is 256 g/mol. The second kappa shape index (κ2) is 7.10. The summed E-state index contributed by atoms with van der Waals surface area (Å²) in [5, 5.41) is 9.47. The van der Waals surface area contributed by atoms with E-state index in [1.165, 1.54) is 0 Å². The standard InChI is InChI=1S/C14H28N2O2/c1-4-14(12-17)7-10-16(11-8-14)9-6-13(18)15(3)5-2/h17H,4-12H2,1-3H3. The van der Waals surface area contributed by atoms with Crippen LogP contribution in [0.25, 0.3) is 0 Å². The predicted molar refractivity (Wildman–Crippen MR) is 73.4 cm³/mol. The molecule has 0 unspecified atom stereocenters. The molecule has 1 N–H and O–H groups in total. The average Bonchev–Trinajstić information content (AvgIpc) is 2.44. The fourth-order valence-electron chi connectivity index (χ4n) is 2.50. The van der Waals surface area contributed by atoms with Gasteiger partial charge in [-0.2, -0.15) is 0 Å². The number of piperidine rings is 1. The minimum absolute atomic E-state index is 0.140. The number of nitrogens with zero attached hydrogens (tertiary/aromatic N) is 2. The number of likely N-dealkylation sites (tertiary alicyclic amines) is 1. The van der Waals surface area contributed by atoms with Crippen LogP contribution in [0.3, 0.4) is 0 Å². The van der Waals surface area contributed by atoms with Crippen molar-refractivity contribution in [3.63, 3.8) is 0 Å². The van der Waals surface area contributed by atoms with Crippen molar-refractivity contribution < 1.29 is 9.90 Å². The Morgan fingerprint density at radius 1 is 1.33 bits per heavy atom. The minimum atomic E-state index is 0.140. The molecule has 0 bridgehead atoms. The van der Waals surface area contributed by atoms with Gasteiger partial charge in [-0.15, -0.1) is 0 Å². The molecule has 1 heterocycles. The number of rotatable bonds is 6. The largest absolute Gasteiger partial charge is 0.396 e. The van der Waals surface area contributed by atoms with Crippen LogP contribution in [0.2, 0.25) is 0 Å². The molecule has 0 saturated carbocycles. The van der Waals surface area contributed by atoms with Crippen molar-refractivity contribution >= 4 is 5.91 Å². The van der Waals surface area contributed by atoms with Crippen molar-refractivity contribution in [1.29, 1.82) is 0 Å². The van der Waals surface area contributed by atoms with E-state index in [0.29, 0.717) is 13.0 Å². The Bertz CT molecular complexity index is 255. The smallest absolute Gasteiger partial charge is 0.223 e. The molecule has 18 heavy (non-hydrogen) atoms. The zero-order valence-corrected chi connectivity index (χ0v) is 12.1. The first-order valence-corrected chi connectivity index (χ1v) is 7.14. The van der Waals surface area contributed by atoms with Gasteiger partial charge in [-0.25, -0.2) is 0 Å². The Balaban J connectivity index is 2.30. The van der Waals surface area contributed by atoms with Crippen molar-refractivity contribution in [3.8, 4) is 0 Å². The lowest BCUT2D eigenvalue weighted by Crippen LogP contribution is -2.43. The zero-order chi connectivity index (χ0) is 13.6. The highest BCUT2D eigenvalue weighted by Gasteiger charge is 2.32. The van der Waals surface area contributed by atoms with Crippen molar-refractivity contribution in [2.24, 2.45) is 5.41 Å². The second-order valence-electron chi connectivity index (χ2n) is 5.51. The zero-order valence-electron chi connectivity index (χ0n) is 12.1. The fraction of sp³-hybridized carbons (Fsp3) is 0.929. The van der Waals surface area contributed by atoms with E-state index in [9.17, 15) is 9.90 Å². The SMILES string of the molecule is CCN(C)C(=O)CCN1CCC(CC)(CO)CC1. The van der Waals surface area contributed by atoms with Gasteiger partial charge >= 0.3 is 0 Å². The molecule has 1 rings (SSSR count). The first kappa shape index (κ1) is 15.4. The number of hydrogen-bond acceptors (Lipinski definition) is 3. The Kier molecular flexibility index (Phi) is 6.09. The summed E-state index contributed by atoms with van der Waals surface area (Å²) in [6.07, 6.45) is 3.77. The number of aliphatic hydroxyl groups excluding tert-OH is 1. The molecule has 0 radical (unpaired) electrons. The highest BCUT2D eigenvalue weighted by Crippen LogP contribution is 2.34. The van der Waals surface area contributed by atoms with Crippen molar-refractivity contribution in [2.45, 2.75) is 39.5 Å². The minimum Gasteiger partial charge on any atom is -0.396 e. The molecular weight excluding hydrogens is 228 g/mol. The maximum absolute atomic E-state index is 11.7. The van der Waals surface area contributed by atoms with Crippen LogP contribution < -0.4 is 0 Å². The summed E-state index contributed by atoms with van der Waals surface area (Å²) in [6.45, 7) is 8.11. The summed E-state index contributed by atoms with van der Waals surface area (Å²) in [5.74, 6) is 0.229. The third kappa shape index (κ3) is 3.95. The maximum Gasteiger partial charge on any atom is 0.223 e. The molecule has 1 fully saturated rings. The van der Waals surface area contributed by atoms with Gasteiger partial charge in [0.2, 0.25) is 5.91 Å². The second-order valence-corrected chi connectivity index (χ2v) is 5.51. The van der Waals surface area contributed by atoms with Crippen LogP contribution in [0.4, 0.5) is 0 Å². The lowest BCUT2D eigenvalue weighted by atomic mass is 9.77. The van der Waals surface area contributed by atoms with E-state index in [1.807, 2.05) is 14.0 Å². The number of carbonyl (C=O) groups excluding carboxylic acids is 1. The lowest BCUT2D eigenvalue weighted by Gasteiger charge is -2.40. The van der Waals surface area contributed by atoms with Gasteiger partial charge in [0.1, 0.15) is 0 Å².